The molecule has 0 aliphatic carbocycles. The third-order valence-electron chi connectivity index (χ3n) is 3.29. The first-order valence-electron chi connectivity index (χ1n) is 6.19. The molecule has 0 bridgehead atoms. The molecule has 18 heavy (non-hydrogen) atoms. The Morgan fingerprint density at radius 1 is 1.11 bits per heavy atom. The Hall–Kier alpha value is -1.35. The van der Waals surface area contributed by atoms with Crippen LogP contribution in [-0.2, 0) is 5.41 Å². The van der Waals surface area contributed by atoms with Crippen LogP contribution in [-0.4, -0.2) is 9.55 Å². The lowest BCUT2D eigenvalue weighted by Gasteiger charge is -2.21. The van der Waals surface area contributed by atoms with Crippen LogP contribution in [0.2, 0.25) is 0 Å². The number of hydrogen-bond donors (Lipinski definition) is 1. The van der Waals surface area contributed by atoms with E-state index in [0.29, 0.717) is 0 Å². The second-order valence-corrected chi connectivity index (χ2v) is 6.22. The van der Waals surface area contributed by atoms with Crippen LogP contribution in [0.1, 0.15) is 37.6 Å². The maximum Gasteiger partial charge on any atom is 0.182 e. The summed E-state index contributed by atoms with van der Waals surface area (Å²) in [6.45, 7) is 10.8. The van der Waals surface area contributed by atoms with E-state index in [9.17, 15) is 0 Å². The van der Waals surface area contributed by atoms with E-state index in [1.54, 1.807) is 0 Å². The number of benzene rings is 1. The first-order chi connectivity index (χ1) is 8.30. The Balaban J connectivity index is 2.67. The molecular formula is C15H20N2S. The van der Waals surface area contributed by atoms with Gasteiger partial charge in [-0.2, -0.15) is 0 Å². The molecule has 0 amide bonds. The van der Waals surface area contributed by atoms with Gasteiger partial charge in [-0.15, -0.1) is 0 Å². The Bertz CT molecular complexity index is 627. The molecule has 3 heteroatoms. The lowest BCUT2D eigenvalue weighted by molar-refractivity contribution is 0.555. The molecule has 0 aliphatic rings. The maximum absolute atomic E-state index is 5.41. The fraction of sp³-hybridized carbons (Fsp3) is 0.400. The van der Waals surface area contributed by atoms with Gasteiger partial charge in [0.05, 0.1) is 0 Å². The molecule has 0 atom stereocenters. The van der Waals surface area contributed by atoms with Crippen molar-refractivity contribution in [1.29, 1.82) is 0 Å². The van der Waals surface area contributed by atoms with E-state index in [2.05, 4.69) is 62.4 Å². The second-order valence-electron chi connectivity index (χ2n) is 5.83. The number of hydrogen-bond acceptors (Lipinski definition) is 1. The molecule has 0 spiro atoms. The summed E-state index contributed by atoms with van der Waals surface area (Å²) >= 11 is 5.41. The molecular weight excluding hydrogens is 240 g/mol. The minimum atomic E-state index is 0.0619. The third kappa shape index (κ3) is 2.27. The highest BCUT2D eigenvalue weighted by molar-refractivity contribution is 7.71. The largest absolute Gasteiger partial charge is 0.337 e. The molecule has 2 rings (SSSR count). The predicted molar refractivity (Wildman–Crippen MR) is 79.1 cm³/mol. The number of aromatic nitrogens is 2. The number of nitrogens with zero attached hydrogens (tertiary/aromatic N) is 1. The zero-order chi connectivity index (χ0) is 13.5. The van der Waals surface area contributed by atoms with Gasteiger partial charge in [-0.1, -0.05) is 26.8 Å². The van der Waals surface area contributed by atoms with Gasteiger partial charge >= 0.3 is 0 Å². The Morgan fingerprint density at radius 2 is 1.78 bits per heavy atom. The first kappa shape index (κ1) is 13.1. The molecule has 2 nitrogen and oxygen atoms in total. The van der Waals surface area contributed by atoms with Crippen molar-refractivity contribution >= 4 is 12.2 Å². The van der Waals surface area contributed by atoms with Crippen LogP contribution in [0.4, 0.5) is 0 Å². The van der Waals surface area contributed by atoms with Gasteiger partial charge in [0.1, 0.15) is 0 Å². The summed E-state index contributed by atoms with van der Waals surface area (Å²) in [4.78, 5) is 3.15. The molecule has 0 saturated heterocycles. The number of H-pyrrole nitrogens is 1. The van der Waals surface area contributed by atoms with Gasteiger partial charge in [-0.3, -0.25) is 4.57 Å². The summed E-state index contributed by atoms with van der Waals surface area (Å²) in [5.74, 6) is 0. The van der Waals surface area contributed by atoms with Crippen molar-refractivity contribution in [3.8, 4) is 5.69 Å². The van der Waals surface area contributed by atoms with Gasteiger partial charge in [-0.25, -0.2) is 0 Å². The van der Waals surface area contributed by atoms with E-state index in [0.717, 1.165) is 10.5 Å². The molecule has 1 aromatic carbocycles. The van der Waals surface area contributed by atoms with E-state index in [1.165, 1.54) is 16.8 Å². The molecule has 0 fully saturated rings. The van der Waals surface area contributed by atoms with Crippen LogP contribution in [0.25, 0.3) is 5.69 Å². The highest BCUT2D eigenvalue weighted by atomic mass is 32.1. The van der Waals surface area contributed by atoms with E-state index in [4.69, 9.17) is 12.2 Å². The Morgan fingerprint density at radius 3 is 2.33 bits per heavy atom. The fourth-order valence-corrected chi connectivity index (χ4v) is 2.30. The van der Waals surface area contributed by atoms with Crippen LogP contribution in [0, 0.1) is 18.6 Å². The van der Waals surface area contributed by atoms with E-state index in [-0.39, 0.29) is 5.41 Å². The topological polar surface area (TPSA) is 20.7 Å². The monoisotopic (exact) mass is 260 g/mol. The summed E-state index contributed by atoms with van der Waals surface area (Å²) in [6, 6.07) is 6.46. The molecule has 0 saturated carbocycles. The average Bonchev–Trinajstić information content (AvgIpc) is 2.64. The van der Waals surface area contributed by atoms with Gasteiger partial charge in [0.25, 0.3) is 0 Å². The number of imidazole rings is 1. The molecule has 1 heterocycles. The summed E-state index contributed by atoms with van der Waals surface area (Å²) in [6.07, 6.45) is 2.01. The number of nitrogens with one attached hydrogen (secondary N) is 1. The summed E-state index contributed by atoms with van der Waals surface area (Å²) in [5, 5.41) is 0. The van der Waals surface area contributed by atoms with Gasteiger partial charge in [0.2, 0.25) is 0 Å². The van der Waals surface area contributed by atoms with E-state index >= 15 is 0 Å². The summed E-state index contributed by atoms with van der Waals surface area (Å²) < 4.78 is 2.88. The molecule has 1 aromatic heterocycles. The normalized spacial score (nSPS) is 11.8. The zero-order valence-corrected chi connectivity index (χ0v) is 12.5. The van der Waals surface area contributed by atoms with Crippen molar-refractivity contribution in [3.63, 3.8) is 0 Å². The summed E-state index contributed by atoms with van der Waals surface area (Å²) in [7, 11) is 0. The van der Waals surface area contributed by atoms with Crippen molar-refractivity contribution in [2.24, 2.45) is 0 Å². The van der Waals surface area contributed by atoms with Crippen molar-refractivity contribution in [3.05, 3.63) is 46.0 Å². The standard InChI is InChI=1S/C15H20N2S/c1-10-6-7-12(8-11(10)2)17-13(15(3,4)5)9-16-14(17)18/h6-9H,1-5H3,(H,16,18). The quantitative estimate of drug-likeness (QED) is 0.751. The Kier molecular flexibility index (Phi) is 3.20. The molecule has 0 unspecified atom stereocenters. The minimum absolute atomic E-state index is 0.0619. The minimum Gasteiger partial charge on any atom is -0.337 e. The first-order valence-corrected chi connectivity index (χ1v) is 6.60. The molecule has 0 aliphatic heterocycles. The number of rotatable bonds is 1. The highest BCUT2D eigenvalue weighted by Crippen LogP contribution is 2.26. The van der Waals surface area contributed by atoms with E-state index in [1.807, 2.05) is 6.20 Å². The van der Waals surface area contributed by atoms with Crippen molar-refractivity contribution in [1.82, 2.24) is 9.55 Å². The SMILES string of the molecule is Cc1ccc(-n2c(C(C)(C)C)c[nH]c2=S)cc1C. The van der Waals surface area contributed by atoms with Gasteiger partial charge in [-0.05, 0) is 49.3 Å². The van der Waals surface area contributed by atoms with Crippen LogP contribution < -0.4 is 0 Å². The smallest absolute Gasteiger partial charge is 0.182 e. The van der Waals surface area contributed by atoms with Crippen molar-refractivity contribution < 1.29 is 0 Å². The van der Waals surface area contributed by atoms with E-state index < -0.39 is 0 Å². The van der Waals surface area contributed by atoms with Crippen LogP contribution in [0.3, 0.4) is 0 Å². The van der Waals surface area contributed by atoms with Crippen LogP contribution in [0.15, 0.2) is 24.4 Å². The third-order valence-corrected chi connectivity index (χ3v) is 3.59. The van der Waals surface area contributed by atoms with Crippen LogP contribution in [0.5, 0.6) is 0 Å². The zero-order valence-electron chi connectivity index (χ0n) is 11.7. The average molecular weight is 260 g/mol. The molecule has 2 aromatic rings. The predicted octanol–water partition coefficient (Wildman–Crippen LogP) is 4.45. The van der Waals surface area contributed by atoms with Crippen molar-refractivity contribution in [2.75, 3.05) is 0 Å². The van der Waals surface area contributed by atoms with Crippen LogP contribution >= 0.6 is 12.2 Å². The fourth-order valence-electron chi connectivity index (χ4n) is 2.04. The van der Waals surface area contributed by atoms with Gasteiger partial charge < -0.3 is 4.98 Å². The lowest BCUT2D eigenvalue weighted by Crippen LogP contribution is -2.16. The number of aryl methyl sites for hydroxylation is 2. The lowest BCUT2D eigenvalue weighted by atomic mass is 9.92. The summed E-state index contributed by atoms with van der Waals surface area (Å²) in [5.41, 5.74) is 4.99. The maximum atomic E-state index is 5.41. The highest BCUT2D eigenvalue weighted by Gasteiger charge is 2.20. The van der Waals surface area contributed by atoms with Gasteiger partial charge in [0, 0.05) is 23.0 Å². The molecule has 1 N–H and O–H groups in total. The molecule has 0 radical (unpaired) electrons. The van der Waals surface area contributed by atoms with Crippen molar-refractivity contribution in [2.45, 2.75) is 40.0 Å². The van der Waals surface area contributed by atoms with Gasteiger partial charge in [0.15, 0.2) is 4.77 Å². The second kappa shape index (κ2) is 4.39. The molecule has 96 valence electrons. The number of aromatic amines is 1. The Labute approximate surface area is 114 Å².